The zero-order chi connectivity index (χ0) is 13.9. The Kier molecular flexibility index (Phi) is 7.94. The molecule has 0 bridgehead atoms. The zero-order valence-electron chi connectivity index (χ0n) is 12.6. The van der Waals surface area contributed by atoms with Gasteiger partial charge in [-0.1, -0.05) is 33.1 Å². The van der Waals surface area contributed by atoms with Gasteiger partial charge in [-0.2, -0.15) is 0 Å². The Labute approximate surface area is 117 Å². The van der Waals surface area contributed by atoms with Crippen LogP contribution in [0.4, 0.5) is 11.6 Å². The van der Waals surface area contributed by atoms with Crippen molar-refractivity contribution in [3.05, 3.63) is 11.9 Å². The molecule has 0 aliphatic heterocycles. The first kappa shape index (κ1) is 15.7. The zero-order valence-corrected chi connectivity index (χ0v) is 12.6. The largest absolute Gasteiger partial charge is 0.370 e. The van der Waals surface area contributed by atoms with Crippen LogP contribution < -0.4 is 10.6 Å². The molecular formula is C15H28N4. The summed E-state index contributed by atoms with van der Waals surface area (Å²) in [7, 11) is 0. The Hall–Kier alpha value is -1.32. The number of rotatable bonds is 10. The number of unbranched alkanes of at least 4 members (excludes halogenated alkanes) is 3. The van der Waals surface area contributed by atoms with Gasteiger partial charge >= 0.3 is 0 Å². The van der Waals surface area contributed by atoms with Crippen molar-refractivity contribution in [3.8, 4) is 0 Å². The molecule has 1 aromatic rings. The fraction of sp³-hybridized carbons (Fsp3) is 0.733. The van der Waals surface area contributed by atoms with Crippen molar-refractivity contribution in [2.45, 2.75) is 59.3 Å². The van der Waals surface area contributed by atoms with E-state index < -0.39 is 0 Å². The van der Waals surface area contributed by atoms with E-state index in [1.807, 2.05) is 6.07 Å². The third kappa shape index (κ3) is 6.41. The first-order valence-corrected chi connectivity index (χ1v) is 7.65. The Morgan fingerprint density at radius 1 is 0.895 bits per heavy atom. The highest BCUT2D eigenvalue weighted by Gasteiger charge is 2.03. The van der Waals surface area contributed by atoms with Gasteiger partial charge in [0.2, 0.25) is 0 Å². The molecule has 1 aromatic heterocycles. The summed E-state index contributed by atoms with van der Waals surface area (Å²) in [5.74, 6) is 2.81. The first-order chi connectivity index (χ1) is 9.30. The van der Waals surface area contributed by atoms with E-state index in [2.05, 4.69) is 41.4 Å². The lowest BCUT2D eigenvalue weighted by Crippen LogP contribution is -2.09. The third-order valence-electron chi connectivity index (χ3n) is 2.94. The van der Waals surface area contributed by atoms with Gasteiger partial charge in [-0.3, -0.25) is 0 Å². The van der Waals surface area contributed by atoms with E-state index in [4.69, 9.17) is 0 Å². The number of nitrogens with zero attached hydrogens (tertiary/aromatic N) is 2. The number of aryl methyl sites for hydroxylation is 1. The SMILES string of the molecule is CCCCCCNc1cc(NCC)nc(CCC)n1. The van der Waals surface area contributed by atoms with Crippen molar-refractivity contribution in [2.24, 2.45) is 0 Å². The van der Waals surface area contributed by atoms with Crippen LogP contribution in [-0.4, -0.2) is 23.1 Å². The maximum Gasteiger partial charge on any atom is 0.133 e. The number of aromatic nitrogens is 2. The van der Waals surface area contributed by atoms with E-state index >= 15 is 0 Å². The van der Waals surface area contributed by atoms with Crippen molar-refractivity contribution in [2.75, 3.05) is 23.7 Å². The normalized spacial score (nSPS) is 10.5. The predicted octanol–water partition coefficient (Wildman–Crippen LogP) is 3.85. The number of anilines is 2. The van der Waals surface area contributed by atoms with Crippen LogP contribution in [-0.2, 0) is 6.42 Å². The molecule has 0 aliphatic rings. The second kappa shape index (κ2) is 9.59. The summed E-state index contributed by atoms with van der Waals surface area (Å²) >= 11 is 0. The van der Waals surface area contributed by atoms with Crippen LogP contribution in [0.1, 0.15) is 58.7 Å². The molecule has 0 saturated heterocycles. The first-order valence-electron chi connectivity index (χ1n) is 7.65. The standard InChI is InChI=1S/C15H28N4/c1-4-7-8-9-11-17-15-12-14(16-6-3)18-13(19-15)10-5-2/h12H,4-11H2,1-3H3,(H2,16,17,18,19). The van der Waals surface area contributed by atoms with Crippen molar-refractivity contribution in [3.63, 3.8) is 0 Å². The predicted molar refractivity (Wildman–Crippen MR) is 82.8 cm³/mol. The number of hydrogen-bond donors (Lipinski definition) is 2. The van der Waals surface area contributed by atoms with Gasteiger partial charge in [-0.25, -0.2) is 9.97 Å². The van der Waals surface area contributed by atoms with Crippen LogP contribution >= 0.6 is 0 Å². The Morgan fingerprint density at radius 3 is 2.26 bits per heavy atom. The average Bonchev–Trinajstić information content (AvgIpc) is 2.39. The van der Waals surface area contributed by atoms with E-state index in [-0.39, 0.29) is 0 Å². The molecule has 0 aliphatic carbocycles. The van der Waals surface area contributed by atoms with E-state index in [1.54, 1.807) is 0 Å². The lowest BCUT2D eigenvalue weighted by atomic mass is 10.2. The molecule has 0 atom stereocenters. The minimum Gasteiger partial charge on any atom is -0.370 e. The van der Waals surface area contributed by atoms with Gasteiger partial charge in [0.05, 0.1) is 0 Å². The molecule has 0 unspecified atom stereocenters. The summed E-state index contributed by atoms with van der Waals surface area (Å²) in [5.41, 5.74) is 0. The Morgan fingerprint density at radius 2 is 1.63 bits per heavy atom. The van der Waals surface area contributed by atoms with Crippen LogP contribution in [0.25, 0.3) is 0 Å². The highest BCUT2D eigenvalue weighted by Crippen LogP contribution is 2.12. The molecule has 4 nitrogen and oxygen atoms in total. The average molecular weight is 264 g/mol. The topological polar surface area (TPSA) is 49.8 Å². The van der Waals surface area contributed by atoms with Crippen molar-refractivity contribution in [1.29, 1.82) is 0 Å². The molecule has 108 valence electrons. The summed E-state index contributed by atoms with van der Waals surface area (Å²) in [4.78, 5) is 9.07. The fourth-order valence-corrected chi connectivity index (χ4v) is 1.96. The smallest absolute Gasteiger partial charge is 0.133 e. The van der Waals surface area contributed by atoms with Gasteiger partial charge in [0.15, 0.2) is 0 Å². The maximum atomic E-state index is 4.56. The monoisotopic (exact) mass is 264 g/mol. The van der Waals surface area contributed by atoms with Crippen molar-refractivity contribution in [1.82, 2.24) is 9.97 Å². The molecular weight excluding hydrogens is 236 g/mol. The molecule has 4 heteroatoms. The summed E-state index contributed by atoms with van der Waals surface area (Å²) in [6.45, 7) is 8.35. The summed E-state index contributed by atoms with van der Waals surface area (Å²) in [6, 6.07) is 2.00. The molecule has 0 saturated carbocycles. The second-order valence-electron chi connectivity index (χ2n) is 4.82. The van der Waals surface area contributed by atoms with Gasteiger partial charge in [0.1, 0.15) is 17.5 Å². The molecule has 1 heterocycles. The van der Waals surface area contributed by atoms with E-state index in [1.165, 1.54) is 25.7 Å². The molecule has 0 spiro atoms. The molecule has 0 fully saturated rings. The summed E-state index contributed by atoms with van der Waals surface area (Å²) in [6.07, 6.45) is 7.09. The van der Waals surface area contributed by atoms with Crippen LogP contribution in [0, 0.1) is 0 Å². The van der Waals surface area contributed by atoms with Gasteiger partial charge in [0.25, 0.3) is 0 Å². The minimum absolute atomic E-state index is 0.887. The maximum absolute atomic E-state index is 4.56. The van der Waals surface area contributed by atoms with Crippen LogP contribution in [0.2, 0.25) is 0 Å². The van der Waals surface area contributed by atoms with E-state index in [9.17, 15) is 0 Å². The molecule has 0 aromatic carbocycles. The quantitative estimate of drug-likeness (QED) is 0.630. The third-order valence-corrected chi connectivity index (χ3v) is 2.94. The fourth-order valence-electron chi connectivity index (χ4n) is 1.96. The highest BCUT2D eigenvalue weighted by molar-refractivity contribution is 5.47. The molecule has 2 N–H and O–H groups in total. The minimum atomic E-state index is 0.887. The molecule has 0 radical (unpaired) electrons. The molecule has 0 amide bonds. The Bertz CT molecular complexity index is 328. The number of hydrogen-bond acceptors (Lipinski definition) is 4. The lowest BCUT2D eigenvalue weighted by Gasteiger charge is -2.10. The highest BCUT2D eigenvalue weighted by atomic mass is 15.1. The van der Waals surface area contributed by atoms with E-state index in [0.717, 1.165) is 43.4 Å². The van der Waals surface area contributed by atoms with Crippen molar-refractivity contribution < 1.29 is 0 Å². The van der Waals surface area contributed by atoms with E-state index in [0.29, 0.717) is 0 Å². The lowest BCUT2D eigenvalue weighted by molar-refractivity contribution is 0.684. The van der Waals surface area contributed by atoms with Gasteiger partial charge in [0, 0.05) is 25.6 Å². The Balaban J connectivity index is 2.54. The van der Waals surface area contributed by atoms with Crippen LogP contribution in [0.5, 0.6) is 0 Å². The number of nitrogens with one attached hydrogen (secondary N) is 2. The van der Waals surface area contributed by atoms with Gasteiger partial charge in [-0.15, -0.1) is 0 Å². The summed E-state index contributed by atoms with van der Waals surface area (Å²) < 4.78 is 0. The van der Waals surface area contributed by atoms with Gasteiger partial charge < -0.3 is 10.6 Å². The van der Waals surface area contributed by atoms with Crippen LogP contribution in [0.3, 0.4) is 0 Å². The second-order valence-corrected chi connectivity index (χ2v) is 4.82. The summed E-state index contributed by atoms with van der Waals surface area (Å²) in [5, 5.41) is 6.68. The van der Waals surface area contributed by atoms with Crippen LogP contribution in [0.15, 0.2) is 6.07 Å². The van der Waals surface area contributed by atoms with Crippen molar-refractivity contribution >= 4 is 11.6 Å². The molecule has 1 rings (SSSR count). The molecule has 19 heavy (non-hydrogen) atoms. The van der Waals surface area contributed by atoms with Gasteiger partial charge in [-0.05, 0) is 19.8 Å².